The molecule has 2 atom stereocenters. The predicted molar refractivity (Wildman–Crippen MR) is 66.4 cm³/mol. The maximum atomic E-state index is 11.5. The van der Waals surface area contributed by atoms with Crippen LogP contribution in [0.4, 0.5) is 4.79 Å². The second-order valence-corrected chi connectivity index (χ2v) is 4.30. The van der Waals surface area contributed by atoms with Crippen LogP contribution in [0.5, 0.6) is 0 Å². The maximum absolute atomic E-state index is 11.5. The molecule has 0 bridgehead atoms. The highest BCUT2D eigenvalue weighted by molar-refractivity contribution is 5.82. The third-order valence-electron chi connectivity index (χ3n) is 2.59. The molecule has 0 saturated carbocycles. The van der Waals surface area contributed by atoms with Gasteiger partial charge in [0.2, 0.25) is 0 Å². The largest absolute Gasteiger partial charge is 0.480 e. The van der Waals surface area contributed by atoms with E-state index in [0.29, 0.717) is 0 Å². The number of nitrogens with one attached hydrogen (secondary N) is 2. The lowest BCUT2D eigenvalue weighted by molar-refractivity contribution is -0.141. The maximum Gasteiger partial charge on any atom is 0.328 e. The predicted octanol–water partition coefficient (Wildman–Crippen LogP) is -0.638. The number of carbonyl (C=O) groups is 2. The Hall–Kier alpha value is -2.09. The summed E-state index contributed by atoms with van der Waals surface area (Å²) < 4.78 is 1.63. The SMILES string of the molecule is Cc1nn(C)cc1CNC(=O)NC(C(=O)O)C(C)O. The Morgan fingerprint density at radius 3 is 2.58 bits per heavy atom. The van der Waals surface area contributed by atoms with Crippen molar-refractivity contribution < 1.29 is 19.8 Å². The molecule has 0 fully saturated rings. The molecule has 0 aliphatic rings. The van der Waals surface area contributed by atoms with Gasteiger partial charge in [0.15, 0.2) is 6.04 Å². The van der Waals surface area contributed by atoms with E-state index in [2.05, 4.69) is 15.7 Å². The molecule has 0 saturated heterocycles. The lowest BCUT2D eigenvalue weighted by Crippen LogP contribution is -2.50. The molecule has 1 heterocycles. The number of nitrogens with zero attached hydrogens (tertiary/aromatic N) is 2. The first-order chi connectivity index (χ1) is 8.81. The van der Waals surface area contributed by atoms with Crippen LogP contribution in [-0.2, 0) is 18.4 Å². The van der Waals surface area contributed by atoms with E-state index in [-0.39, 0.29) is 6.54 Å². The molecule has 8 nitrogen and oxygen atoms in total. The minimum Gasteiger partial charge on any atom is -0.480 e. The minimum absolute atomic E-state index is 0.234. The Morgan fingerprint density at radius 1 is 1.53 bits per heavy atom. The minimum atomic E-state index is -1.34. The molecule has 1 aromatic rings. The number of carbonyl (C=O) groups excluding carboxylic acids is 1. The van der Waals surface area contributed by atoms with Gasteiger partial charge in [-0.1, -0.05) is 0 Å². The zero-order valence-corrected chi connectivity index (χ0v) is 11.0. The molecule has 1 aromatic heterocycles. The van der Waals surface area contributed by atoms with Gasteiger partial charge in [-0.05, 0) is 13.8 Å². The van der Waals surface area contributed by atoms with Gasteiger partial charge in [-0.2, -0.15) is 5.10 Å². The Labute approximate surface area is 110 Å². The lowest BCUT2D eigenvalue weighted by atomic mass is 10.2. The van der Waals surface area contributed by atoms with Crippen molar-refractivity contribution in [2.45, 2.75) is 32.5 Å². The van der Waals surface area contributed by atoms with Gasteiger partial charge in [-0.3, -0.25) is 4.68 Å². The molecule has 19 heavy (non-hydrogen) atoms. The number of urea groups is 1. The number of aryl methyl sites for hydroxylation is 2. The Kier molecular flexibility index (Phi) is 4.87. The van der Waals surface area contributed by atoms with Crippen molar-refractivity contribution in [1.82, 2.24) is 20.4 Å². The van der Waals surface area contributed by atoms with Crippen molar-refractivity contribution in [3.05, 3.63) is 17.5 Å². The van der Waals surface area contributed by atoms with E-state index in [9.17, 15) is 14.7 Å². The summed E-state index contributed by atoms with van der Waals surface area (Å²) in [6.07, 6.45) is 0.585. The molecule has 8 heteroatoms. The molecule has 0 aromatic carbocycles. The van der Waals surface area contributed by atoms with Crippen molar-refractivity contribution in [3.8, 4) is 0 Å². The summed E-state index contributed by atoms with van der Waals surface area (Å²) in [7, 11) is 1.77. The molecule has 1 rings (SSSR count). The van der Waals surface area contributed by atoms with E-state index >= 15 is 0 Å². The van der Waals surface area contributed by atoms with Gasteiger partial charge in [0.1, 0.15) is 0 Å². The van der Waals surface area contributed by atoms with Crippen LogP contribution in [-0.4, -0.2) is 44.1 Å². The molecule has 106 valence electrons. The fourth-order valence-corrected chi connectivity index (χ4v) is 1.58. The fourth-order valence-electron chi connectivity index (χ4n) is 1.58. The molecule has 0 aliphatic carbocycles. The summed E-state index contributed by atoms with van der Waals surface area (Å²) in [6.45, 7) is 3.34. The van der Waals surface area contributed by atoms with Crippen LogP contribution in [0.15, 0.2) is 6.20 Å². The number of aliphatic hydroxyl groups excluding tert-OH is 1. The zero-order chi connectivity index (χ0) is 14.6. The number of amides is 2. The number of carboxylic acid groups (broad SMARTS) is 1. The Morgan fingerprint density at radius 2 is 2.16 bits per heavy atom. The molecule has 0 aliphatic heterocycles. The van der Waals surface area contributed by atoms with Crippen LogP contribution in [0, 0.1) is 6.92 Å². The van der Waals surface area contributed by atoms with Crippen molar-refractivity contribution in [3.63, 3.8) is 0 Å². The van der Waals surface area contributed by atoms with Gasteiger partial charge in [-0.15, -0.1) is 0 Å². The Balaban J connectivity index is 2.52. The number of carboxylic acids is 1. The number of hydrogen-bond acceptors (Lipinski definition) is 4. The normalized spacial score (nSPS) is 13.7. The number of hydrogen-bond donors (Lipinski definition) is 4. The fraction of sp³-hybridized carbons (Fsp3) is 0.545. The van der Waals surface area contributed by atoms with Crippen molar-refractivity contribution in [2.75, 3.05) is 0 Å². The molecule has 2 unspecified atom stereocenters. The molecular formula is C11H18N4O4. The zero-order valence-electron chi connectivity index (χ0n) is 11.0. The van der Waals surface area contributed by atoms with Crippen molar-refractivity contribution >= 4 is 12.0 Å². The topological polar surface area (TPSA) is 116 Å². The molecule has 0 spiro atoms. The van der Waals surface area contributed by atoms with E-state index in [1.54, 1.807) is 17.9 Å². The number of aliphatic hydroxyl groups is 1. The first-order valence-electron chi connectivity index (χ1n) is 5.75. The molecule has 4 N–H and O–H groups in total. The van der Waals surface area contributed by atoms with E-state index in [0.717, 1.165) is 11.3 Å². The van der Waals surface area contributed by atoms with Gasteiger partial charge >= 0.3 is 12.0 Å². The second-order valence-electron chi connectivity index (χ2n) is 4.30. The summed E-state index contributed by atoms with van der Waals surface area (Å²) in [5.74, 6) is -1.29. The number of aliphatic carboxylic acids is 1. The second kappa shape index (κ2) is 6.19. The standard InChI is InChI=1S/C11H18N4O4/c1-6-8(5-15(3)14-6)4-12-11(19)13-9(7(2)16)10(17)18/h5,7,9,16H,4H2,1-3H3,(H,17,18)(H2,12,13,19). The molecule has 2 amide bonds. The van der Waals surface area contributed by atoms with Gasteiger partial charge in [0, 0.05) is 25.4 Å². The summed E-state index contributed by atoms with van der Waals surface area (Å²) in [4.78, 5) is 22.3. The van der Waals surface area contributed by atoms with E-state index in [4.69, 9.17) is 5.11 Å². The van der Waals surface area contributed by atoms with Crippen molar-refractivity contribution in [1.29, 1.82) is 0 Å². The highest BCUT2D eigenvalue weighted by atomic mass is 16.4. The van der Waals surface area contributed by atoms with Crippen LogP contribution in [0.25, 0.3) is 0 Å². The highest BCUT2D eigenvalue weighted by Gasteiger charge is 2.24. The third kappa shape index (κ3) is 4.25. The number of aromatic nitrogens is 2. The quantitative estimate of drug-likeness (QED) is 0.568. The van der Waals surface area contributed by atoms with Crippen molar-refractivity contribution in [2.24, 2.45) is 7.05 Å². The van der Waals surface area contributed by atoms with E-state index in [1.807, 2.05) is 6.92 Å². The summed E-state index contributed by atoms with van der Waals surface area (Å²) in [5, 5.41) is 26.9. The monoisotopic (exact) mass is 270 g/mol. The van der Waals surface area contributed by atoms with Crippen LogP contribution < -0.4 is 10.6 Å². The molecular weight excluding hydrogens is 252 g/mol. The van der Waals surface area contributed by atoms with E-state index < -0.39 is 24.1 Å². The average molecular weight is 270 g/mol. The summed E-state index contributed by atoms with van der Waals surface area (Å²) in [5.41, 5.74) is 1.62. The average Bonchev–Trinajstić information content (AvgIpc) is 2.61. The first kappa shape index (κ1) is 15.0. The van der Waals surface area contributed by atoms with Gasteiger partial charge < -0.3 is 20.8 Å². The summed E-state index contributed by atoms with van der Waals surface area (Å²) >= 11 is 0. The van der Waals surface area contributed by atoms with Crippen LogP contribution in [0.2, 0.25) is 0 Å². The highest BCUT2D eigenvalue weighted by Crippen LogP contribution is 2.03. The van der Waals surface area contributed by atoms with E-state index in [1.165, 1.54) is 6.92 Å². The first-order valence-corrected chi connectivity index (χ1v) is 5.75. The number of rotatable bonds is 5. The molecule has 0 radical (unpaired) electrons. The van der Waals surface area contributed by atoms with Gasteiger partial charge in [0.05, 0.1) is 11.8 Å². The smallest absolute Gasteiger partial charge is 0.328 e. The van der Waals surface area contributed by atoms with Gasteiger partial charge in [-0.25, -0.2) is 9.59 Å². The van der Waals surface area contributed by atoms with Gasteiger partial charge in [0.25, 0.3) is 0 Å². The Bertz CT molecular complexity index is 469. The summed E-state index contributed by atoms with van der Waals surface area (Å²) in [6, 6.07) is -1.99. The third-order valence-corrected chi connectivity index (χ3v) is 2.59. The lowest BCUT2D eigenvalue weighted by Gasteiger charge is -2.17. The van der Waals surface area contributed by atoms with Crippen LogP contribution >= 0.6 is 0 Å². The van der Waals surface area contributed by atoms with Crippen LogP contribution in [0.1, 0.15) is 18.2 Å². The van der Waals surface area contributed by atoms with Crippen LogP contribution in [0.3, 0.4) is 0 Å².